The Morgan fingerprint density at radius 1 is 0.769 bits per heavy atom. The summed E-state index contributed by atoms with van der Waals surface area (Å²) >= 11 is 0. The van der Waals surface area contributed by atoms with Crippen molar-refractivity contribution in [2.75, 3.05) is 0 Å². The van der Waals surface area contributed by atoms with Crippen LogP contribution in [0.2, 0.25) is 0 Å². The van der Waals surface area contributed by atoms with Crippen molar-refractivity contribution in [1.82, 2.24) is 0 Å². The second-order valence-corrected chi connectivity index (χ2v) is 7.91. The van der Waals surface area contributed by atoms with Crippen LogP contribution in [-0.2, 0) is 0 Å². The van der Waals surface area contributed by atoms with Gasteiger partial charge in [-0.3, -0.25) is 0 Å². The molecule has 138 valence electrons. The fraction of sp³-hybridized carbons (Fsp3) is 0.417. The van der Waals surface area contributed by atoms with Crippen LogP contribution < -0.4 is 0 Å². The first-order valence-corrected chi connectivity index (χ1v) is 9.52. The van der Waals surface area contributed by atoms with E-state index in [4.69, 9.17) is 0 Å². The molecule has 3 rings (SSSR count). The van der Waals surface area contributed by atoms with Crippen molar-refractivity contribution in [1.29, 1.82) is 0 Å². The van der Waals surface area contributed by atoms with Gasteiger partial charge < -0.3 is 10.2 Å². The predicted molar refractivity (Wildman–Crippen MR) is 109 cm³/mol. The fourth-order valence-corrected chi connectivity index (χ4v) is 4.28. The predicted octanol–water partition coefficient (Wildman–Crippen LogP) is 6.30. The van der Waals surface area contributed by atoms with Crippen LogP contribution in [0.3, 0.4) is 0 Å². The number of allylic oxidation sites excluding steroid dienone is 2. The van der Waals surface area contributed by atoms with Gasteiger partial charge >= 0.3 is 0 Å². The fourth-order valence-electron chi connectivity index (χ4n) is 4.28. The number of aryl methyl sites for hydroxylation is 2. The van der Waals surface area contributed by atoms with Crippen LogP contribution in [0.1, 0.15) is 69.7 Å². The maximum Gasteiger partial charge on any atom is 0.121 e. The van der Waals surface area contributed by atoms with Crippen molar-refractivity contribution < 1.29 is 10.2 Å². The summed E-state index contributed by atoms with van der Waals surface area (Å²) in [4.78, 5) is 0. The molecule has 0 saturated heterocycles. The van der Waals surface area contributed by atoms with Crippen LogP contribution in [0.5, 0.6) is 11.5 Å². The highest BCUT2D eigenvalue weighted by molar-refractivity contribution is 5.73. The Hall–Kier alpha value is -2.22. The third-order valence-corrected chi connectivity index (χ3v) is 6.26. The molecule has 1 aliphatic carbocycles. The van der Waals surface area contributed by atoms with Gasteiger partial charge in [0.05, 0.1) is 0 Å². The summed E-state index contributed by atoms with van der Waals surface area (Å²) in [5.74, 6) is 1.22. The van der Waals surface area contributed by atoms with E-state index >= 15 is 0 Å². The summed E-state index contributed by atoms with van der Waals surface area (Å²) < 4.78 is 0. The zero-order valence-electron chi connectivity index (χ0n) is 16.8. The zero-order valence-corrected chi connectivity index (χ0v) is 16.8. The van der Waals surface area contributed by atoms with Gasteiger partial charge in [-0.05, 0) is 117 Å². The summed E-state index contributed by atoms with van der Waals surface area (Å²) in [5.41, 5.74) is 10.2. The molecule has 2 nitrogen and oxygen atoms in total. The lowest BCUT2D eigenvalue weighted by atomic mass is 9.79. The molecule has 0 radical (unpaired) electrons. The molecule has 0 spiro atoms. The van der Waals surface area contributed by atoms with E-state index in [1.54, 1.807) is 0 Å². The number of rotatable bonds is 2. The number of aromatic hydroxyl groups is 2. The monoisotopic (exact) mass is 350 g/mol. The third-order valence-electron chi connectivity index (χ3n) is 6.26. The molecule has 0 bridgehead atoms. The summed E-state index contributed by atoms with van der Waals surface area (Å²) in [6.07, 6.45) is 5.80. The molecule has 2 aromatic carbocycles. The molecular weight excluding hydrogens is 320 g/mol. The Balaban J connectivity index is 2.10. The van der Waals surface area contributed by atoms with Crippen molar-refractivity contribution in [3.05, 3.63) is 62.7 Å². The topological polar surface area (TPSA) is 40.5 Å². The molecule has 2 heteroatoms. The molecule has 0 aliphatic heterocycles. The van der Waals surface area contributed by atoms with Crippen molar-refractivity contribution in [3.8, 4) is 11.5 Å². The highest BCUT2D eigenvalue weighted by atomic mass is 16.3. The van der Waals surface area contributed by atoms with Crippen molar-refractivity contribution in [2.24, 2.45) is 0 Å². The van der Waals surface area contributed by atoms with E-state index < -0.39 is 0 Å². The molecule has 1 aliphatic rings. The third kappa shape index (κ3) is 3.02. The molecule has 2 N–H and O–H groups in total. The van der Waals surface area contributed by atoms with Crippen molar-refractivity contribution in [3.63, 3.8) is 0 Å². The van der Waals surface area contributed by atoms with Crippen LogP contribution in [0.25, 0.3) is 5.57 Å². The molecule has 0 aromatic heterocycles. The van der Waals surface area contributed by atoms with Gasteiger partial charge in [0.1, 0.15) is 11.5 Å². The lowest BCUT2D eigenvalue weighted by Gasteiger charge is -2.26. The minimum Gasteiger partial charge on any atom is -0.507 e. The first-order chi connectivity index (χ1) is 12.2. The van der Waals surface area contributed by atoms with E-state index in [2.05, 4.69) is 32.1 Å². The van der Waals surface area contributed by atoms with Crippen LogP contribution in [0.15, 0.2) is 18.2 Å². The lowest BCUT2D eigenvalue weighted by molar-refractivity contribution is 0.465. The van der Waals surface area contributed by atoms with Crippen molar-refractivity contribution in [2.45, 2.75) is 66.7 Å². The Labute approximate surface area is 157 Å². The van der Waals surface area contributed by atoms with E-state index in [-0.39, 0.29) is 0 Å². The second kappa shape index (κ2) is 6.83. The van der Waals surface area contributed by atoms with Crippen LogP contribution in [0, 0.1) is 41.5 Å². The van der Waals surface area contributed by atoms with Gasteiger partial charge in [-0.25, -0.2) is 0 Å². The SMILES string of the molecule is Cc1cc(C2=CC(c3cc(C)c(O)c(C)c3C)CCC2)c(C)c(C)c1O. The quantitative estimate of drug-likeness (QED) is 0.667. The minimum atomic E-state index is 0.380. The molecule has 2 aromatic rings. The Morgan fingerprint density at radius 2 is 1.35 bits per heavy atom. The second-order valence-electron chi connectivity index (χ2n) is 7.91. The average molecular weight is 351 g/mol. The first-order valence-electron chi connectivity index (χ1n) is 9.52. The standard InChI is InChI=1S/C24H30O2/c1-13-10-21(15(3)17(5)23(13)25)19-8-7-9-20(12-19)22-11-14(2)24(26)18(6)16(22)4/h10-12,19,25-26H,7-9H2,1-6H3. The Morgan fingerprint density at radius 3 is 2.00 bits per heavy atom. The molecule has 0 heterocycles. The largest absolute Gasteiger partial charge is 0.507 e. The Kier molecular flexibility index (Phi) is 4.88. The highest BCUT2D eigenvalue weighted by Gasteiger charge is 2.22. The van der Waals surface area contributed by atoms with Gasteiger partial charge in [-0.15, -0.1) is 0 Å². The molecule has 26 heavy (non-hydrogen) atoms. The molecule has 0 saturated carbocycles. The average Bonchev–Trinajstić information content (AvgIpc) is 2.64. The number of phenolic OH excluding ortho intramolecular Hbond substituents is 2. The Bertz CT molecular complexity index is 903. The van der Waals surface area contributed by atoms with E-state index in [0.29, 0.717) is 17.4 Å². The summed E-state index contributed by atoms with van der Waals surface area (Å²) in [6.45, 7) is 12.2. The zero-order chi connectivity index (χ0) is 19.2. The molecule has 1 unspecified atom stereocenters. The van der Waals surface area contributed by atoms with E-state index in [9.17, 15) is 10.2 Å². The van der Waals surface area contributed by atoms with Gasteiger partial charge in [0.2, 0.25) is 0 Å². The van der Waals surface area contributed by atoms with Gasteiger partial charge in [0.25, 0.3) is 0 Å². The maximum absolute atomic E-state index is 10.2. The lowest BCUT2D eigenvalue weighted by Crippen LogP contribution is -2.07. The number of hydrogen-bond acceptors (Lipinski definition) is 2. The number of phenols is 2. The molecule has 0 fully saturated rings. The van der Waals surface area contributed by atoms with Gasteiger partial charge in [0.15, 0.2) is 0 Å². The van der Waals surface area contributed by atoms with Crippen LogP contribution >= 0.6 is 0 Å². The van der Waals surface area contributed by atoms with Crippen LogP contribution in [0.4, 0.5) is 0 Å². The summed E-state index contributed by atoms with van der Waals surface area (Å²) in [6, 6.07) is 4.29. The molecule has 1 atom stereocenters. The van der Waals surface area contributed by atoms with E-state index in [1.165, 1.54) is 27.8 Å². The summed E-state index contributed by atoms with van der Waals surface area (Å²) in [5, 5.41) is 20.4. The highest BCUT2D eigenvalue weighted by Crippen LogP contribution is 2.41. The normalized spacial score (nSPS) is 17.3. The van der Waals surface area contributed by atoms with E-state index in [0.717, 1.165) is 41.5 Å². The maximum atomic E-state index is 10.2. The van der Waals surface area contributed by atoms with Gasteiger partial charge in [-0.1, -0.05) is 12.1 Å². The smallest absolute Gasteiger partial charge is 0.121 e. The van der Waals surface area contributed by atoms with Gasteiger partial charge in [-0.2, -0.15) is 0 Å². The minimum absolute atomic E-state index is 0.380. The number of benzene rings is 2. The van der Waals surface area contributed by atoms with Gasteiger partial charge in [0, 0.05) is 5.92 Å². The molecule has 0 amide bonds. The number of hydrogen-bond donors (Lipinski definition) is 2. The van der Waals surface area contributed by atoms with E-state index in [1.807, 2.05) is 27.7 Å². The van der Waals surface area contributed by atoms with Crippen molar-refractivity contribution >= 4 is 5.57 Å². The summed E-state index contributed by atoms with van der Waals surface area (Å²) in [7, 11) is 0. The molecular formula is C24H30O2. The van der Waals surface area contributed by atoms with Crippen LogP contribution in [-0.4, -0.2) is 10.2 Å². The first kappa shape index (κ1) is 18.6.